The average Bonchev–Trinajstić information content (AvgIpc) is 3.15. The number of carbonyl (C=O) groups excluding carboxylic acids is 1. The maximum atomic E-state index is 13.9. The summed E-state index contributed by atoms with van der Waals surface area (Å²) in [6.07, 6.45) is 3.12. The molecule has 1 aliphatic rings. The first-order valence-electron chi connectivity index (χ1n) is 6.80. The van der Waals surface area contributed by atoms with Crippen LogP contribution in [0.25, 0.3) is 5.69 Å². The van der Waals surface area contributed by atoms with E-state index in [1.54, 1.807) is 6.07 Å². The van der Waals surface area contributed by atoms with Gasteiger partial charge in [0, 0.05) is 12.0 Å². The number of aliphatic hydroxyl groups is 1. The van der Waals surface area contributed by atoms with Crippen molar-refractivity contribution in [2.75, 3.05) is 13.2 Å². The van der Waals surface area contributed by atoms with Gasteiger partial charge in [-0.1, -0.05) is 22.9 Å². The number of aromatic nitrogens is 3. The summed E-state index contributed by atoms with van der Waals surface area (Å²) < 4.78 is 15.1. The second kappa shape index (κ2) is 5.66. The van der Waals surface area contributed by atoms with E-state index in [-0.39, 0.29) is 28.4 Å². The van der Waals surface area contributed by atoms with Gasteiger partial charge in [-0.2, -0.15) is 0 Å². The van der Waals surface area contributed by atoms with Crippen molar-refractivity contribution in [3.8, 4) is 5.69 Å². The van der Waals surface area contributed by atoms with Gasteiger partial charge in [0.1, 0.15) is 5.69 Å². The van der Waals surface area contributed by atoms with Crippen LogP contribution in [0.15, 0.2) is 24.4 Å². The average molecular weight is 325 g/mol. The highest BCUT2D eigenvalue weighted by Crippen LogP contribution is 2.44. The monoisotopic (exact) mass is 324 g/mol. The Morgan fingerprint density at radius 1 is 1.50 bits per heavy atom. The van der Waals surface area contributed by atoms with Crippen molar-refractivity contribution in [3.05, 3.63) is 40.9 Å². The van der Waals surface area contributed by atoms with Crippen LogP contribution in [0.2, 0.25) is 5.02 Å². The second-order valence-electron chi connectivity index (χ2n) is 5.46. The third-order valence-electron chi connectivity index (χ3n) is 3.82. The van der Waals surface area contributed by atoms with E-state index in [1.807, 2.05) is 0 Å². The Morgan fingerprint density at radius 2 is 2.27 bits per heavy atom. The van der Waals surface area contributed by atoms with Gasteiger partial charge < -0.3 is 10.4 Å². The topological polar surface area (TPSA) is 80.0 Å². The number of nitrogens with zero attached hydrogens (tertiary/aromatic N) is 3. The summed E-state index contributed by atoms with van der Waals surface area (Å²) in [4.78, 5) is 12.0. The van der Waals surface area contributed by atoms with Crippen LogP contribution in [0.3, 0.4) is 0 Å². The smallest absolute Gasteiger partial charge is 0.273 e. The van der Waals surface area contributed by atoms with Crippen molar-refractivity contribution < 1.29 is 14.3 Å². The predicted octanol–water partition coefficient (Wildman–Crippen LogP) is 1.56. The molecule has 0 bridgehead atoms. The first-order chi connectivity index (χ1) is 10.5. The lowest BCUT2D eigenvalue weighted by Gasteiger charge is -2.11. The van der Waals surface area contributed by atoms with Crippen LogP contribution in [0.5, 0.6) is 0 Å². The minimum absolute atomic E-state index is 0.0300. The molecule has 1 aromatic heterocycles. The minimum atomic E-state index is -0.627. The third kappa shape index (κ3) is 2.82. The highest BCUT2D eigenvalue weighted by molar-refractivity contribution is 6.30. The fourth-order valence-electron chi connectivity index (χ4n) is 2.08. The minimum Gasteiger partial charge on any atom is -0.396 e. The zero-order valence-corrected chi connectivity index (χ0v) is 12.3. The third-order valence-corrected chi connectivity index (χ3v) is 4.11. The summed E-state index contributed by atoms with van der Waals surface area (Å²) in [7, 11) is 0. The summed E-state index contributed by atoms with van der Waals surface area (Å²) in [6, 6.07) is 4.50. The lowest BCUT2D eigenvalue weighted by molar-refractivity contribution is 0.0930. The number of amides is 1. The number of halogens is 2. The number of hydrogen-bond acceptors (Lipinski definition) is 4. The van der Waals surface area contributed by atoms with Gasteiger partial charge in [-0.3, -0.25) is 4.79 Å². The molecule has 2 N–H and O–H groups in total. The van der Waals surface area contributed by atoms with E-state index in [9.17, 15) is 14.3 Å². The predicted molar refractivity (Wildman–Crippen MR) is 77.4 cm³/mol. The first kappa shape index (κ1) is 14.9. The Labute approximate surface area is 130 Å². The standard InChI is InChI=1S/C14H14ClFN4O2/c15-9-2-1-3-11(12(9)16)20-6-10(18-19-20)13(22)17-7-14(8-21)4-5-14/h1-3,6,21H,4-5,7-8H2,(H,17,22). The van der Waals surface area contributed by atoms with Crippen molar-refractivity contribution in [3.63, 3.8) is 0 Å². The SMILES string of the molecule is O=C(NCC1(CO)CC1)c1cn(-c2cccc(Cl)c2F)nn1. The number of rotatable bonds is 5. The number of nitrogens with one attached hydrogen (secondary N) is 1. The fraction of sp³-hybridized carbons (Fsp3) is 0.357. The Kier molecular flexibility index (Phi) is 3.84. The van der Waals surface area contributed by atoms with Gasteiger partial charge in [0.15, 0.2) is 11.5 Å². The van der Waals surface area contributed by atoms with E-state index in [1.165, 1.54) is 18.3 Å². The zero-order valence-electron chi connectivity index (χ0n) is 11.6. The van der Waals surface area contributed by atoms with Crippen molar-refractivity contribution in [1.82, 2.24) is 20.3 Å². The maximum Gasteiger partial charge on any atom is 0.273 e. The molecule has 1 heterocycles. The summed E-state index contributed by atoms with van der Waals surface area (Å²) in [5.41, 5.74) is 0.00578. The summed E-state index contributed by atoms with van der Waals surface area (Å²) in [5, 5.41) is 19.4. The Morgan fingerprint density at radius 3 is 2.95 bits per heavy atom. The molecule has 1 aromatic carbocycles. The fourth-order valence-corrected chi connectivity index (χ4v) is 2.25. The summed E-state index contributed by atoms with van der Waals surface area (Å²) in [6.45, 7) is 0.439. The van der Waals surface area contributed by atoms with Crippen LogP contribution in [-0.2, 0) is 0 Å². The molecule has 22 heavy (non-hydrogen) atoms. The van der Waals surface area contributed by atoms with Crippen molar-refractivity contribution in [2.24, 2.45) is 5.41 Å². The number of hydrogen-bond donors (Lipinski definition) is 2. The molecule has 1 aliphatic carbocycles. The highest BCUT2D eigenvalue weighted by atomic mass is 35.5. The number of benzene rings is 1. The molecule has 0 saturated heterocycles. The van der Waals surface area contributed by atoms with Gasteiger partial charge in [-0.05, 0) is 25.0 Å². The van der Waals surface area contributed by atoms with Crippen LogP contribution in [0.4, 0.5) is 4.39 Å². The van der Waals surface area contributed by atoms with Gasteiger partial charge in [0.2, 0.25) is 0 Å². The maximum absolute atomic E-state index is 13.9. The Hall–Kier alpha value is -1.99. The van der Waals surface area contributed by atoms with E-state index >= 15 is 0 Å². The van der Waals surface area contributed by atoms with E-state index < -0.39 is 11.7 Å². The van der Waals surface area contributed by atoms with Gasteiger partial charge in [0.05, 0.1) is 17.8 Å². The Balaban J connectivity index is 1.73. The molecule has 2 aromatic rings. The molecule has 0 atom stereocenters. The van der Waals surface area contributed by atoms with Crippen LogP contribution >= 0.6 is 11.6 Å². The molecular formula is C14H14ClFN4O2. The van der Waals surface area contributed by atoms with E-state index in [2.05, 4.69) is 15.6 Å². The lowest BCUT2D eigenvalue weighted by atomic mass is 10.1. The van der Waals surface area contributed by atoms with Crippen LogP contribution in [-0.4, -0.2) is 39.2 Å². The van der Waals surface area contributed by atoms with Crippen molar-refractivity contribution in [2.45, 2.75) is 12.8 Å². The first-order valence-corrected chi connectivity index (χ1v) is 7.18. The zero-order chi connectivity index (χ0) is 15.7. The summed E-state index contributed by atoms with van der Waals surface area (Å²) in [5.74, 6) is -1.04. The summed E-state index contributed by atoms with van der Waals surface area (Å²) >= 11 is 5.72. The van der Waals surface area contributed by atoms with Gasteiger partial charge in [-0.25, -0.2) is 9.07 Å². The van der Waals surface area contributed by atoms with Crippen LogP contribution in [0.1, 0.15) is 23.3 Å². The van der Waals surface area contributed by atoms with E-state index in [0.29, 0.717) is 6.54 Å². The second-order valence-corrected chi connectivity index (χ2v) is 5.87. The molecule has 0 radical (unpaired) electrons. The van der Waals surface area contributed by atoms with E-state index in [4.69, 9.17) is 11.6 Å². The molecule has 6 nitrogen and oxygen atoms in total. The lowest BCUT2D eigenvalue weighted by Crippen LogP contribution is -2.32. The molecule has 8 heteroatoms. The van der Waals surface area contributed by atoms with Crippen molar-refractivity contribution >= 4 is 17.5 Å². The molecule has 116 valence electrons. The van der Waals surface area contributed by atoms with Crippen molar-refractivity contribution in [1.29, 1.82) is 0 Å². The molecule has 1 fully saturated rings. The van der Waals surface area contributed by atoms with Gasteiger partial charge >= 0.3 is 0 Å². The molecule has 0 unspecified atom stereocenters. The normalized spacial score (nSPS) is 15.6. The van der Waals surface area contributed by atoms with Gasteiger partial charge in [0.25, 0.3) is 5.91 Å². The highest BCUT2D eigenvalue weighted by Gasteiger charge is 2.42. The van der Waals surface area contributed by atoms with E-state index in [0.717, 1.165) is 17.5 Å². The molecule has 3 rings (SSSR count). The molecule has 0 spiro atoms. The number of aliphatic hydroxyl groups excluding tert-OH is 1. The Bertz CT molecular complexity index is 715. The molecule has 0 aliphatic heterocycles. The number of carbonyl (C=O) groups is 1. The van der Waals surface area contributed by atoms with Crippen LogP contribution in [0, 0.1) is 11.2 Å². The molecular weight excluding hydrogens is 311 g/mol. The molecule has 1 saturated carbocycles. The van der Waals surface area contributed by atoms with Gasteiger partial charge in [-0.15, -0.1) is 5.10 Å². The quantitative estimate of drug-likeness (QED) is 0.874. The molecule has 1 amide bonds. The largest absolute Gasteiger partial charge is 0.396 e. The van der Waals surface area contributed by atoms with Crippen LogP contribution < -0.4 is 5.32 Å².